The fourth-order valence-corrected chi connectivity index (χ4v) is 3.81. The Kier molecular flexibility index (Phi) is 5.68. The van der Waals surface area contributed by atoms with Gasteiger partial charge in [0.1, 0.15) is 5.56 Å². The lowest BCUT2D eigenvalue weighted by Crippen LogP contribution is -2.53. The number of rotatable bonds is 4. The largest absolute Gasteiger partial charge is 0.480 e. The van der Waals surface area contributed by atoms with Gasteiger partial charge in [0, 0.05) is 24.8 Å². The fraction of sp³-hybridized carbons (Fsp3) is 0.667. The van der Waals surface area contributed by atoms with Crippen molar-refractivity contribution in [1.82, 2.24) is 20.1 Å². The van der Waals surface area contributed by atoms with Crippen LogP contribution in [0.25, 0.3) is 0 Å². The predicted octanol–water partition coefficient (Wildman–Crippen LogP) is 1.38. The van der Waals surface area contributed by atoms with E-state index in [0.717, 1.165) is 25.9 Å². The first-order valence-corrected chi connectivity index (χ1v) is 8.90. The molecule has 132 valence electrons. The molecule has 1 N–H and O–H groups in total. The highest BCUT2D eigenvalue weighted by Gasteiger charge is 2.29. The minimum atomic E-state index is -0.0878. The second-order valence-electron chi connectivity index (χ2n) is 6.90. The second kappa shape index (κ2) is 7.94. The van der Waals surface area contributed by atoms with Gasteiger partial charge in [0.2, 0.25) is 5.88 Å². The van der Waals surface area contributed by atoms with Crippen molar-refractivity contribution < 1.29 is 9.53 Å². The fourth-order valence-electron chi connectivity index (χ4n) is 3.81. The van der Waals surface area contributed by atoms with Crippen molar-refractivity contribution in [3.63, 3.8) is 0 Å². The number of hydrogen-bond acceptors (Lipinski definition) is 5. The molecule has 2 saturated heterocycles. The Balaban J connectivity index is 1.58. The first-order chi connectivity index (χ1) is 11.7. The quantitative estimate of drug-likeness (QED) is 0.903. The Morgan fingerprint density at radius 3 is 2.83 bits per heavy atom. The van der Waals surface area contributed by atoms with Crippen LogP contribution in [0, 0.1) is 0 Å². The molecule has 0 unspecified atom stereocenters. The highest BCUT2D eigenvalue weighted by Crippen LogP contribution is 2.21. The summed E-state index contributed by atoms with van der Waals surface area (Å²) in [4.78, 5) is 21.6. The minimum Gasteiger partial charge on any atom is -0.480 e. The molecule has 0 saturated carbocycles. The summed E-state index contributed by atoms with van der Waals surface area (Å²) < 4.78 is 5.19. The number of amides is 1. The topological polar surface area (TPSA) is 57.7 Å². The van der Waals surface area contributed by atoms with Crippen molar-refractivity contribution in [2.45, 2.75) is 37.8 Å². The van der Waals surface area contributed by atoms with Crippen LogP contribution < -0.4 is 10.1 Å². The lowest BCUT2D eigenvalue weighted by atomic mass is 9.98. The number of methoxy groups -OCH3 is 1. The molecule has 0 aliphatic carbocycles. The molecule has 1 amide bonds. The van der Waals surface area contributed by atoms with Crippen molar-refractivity contribution >= 4 is 5.91 Å². The van der Waals surface area contributed by atoms with E-state index in [4.69, 9.17) is 4.74 Å². The van der Waals surface area contributed by atoms with Gasteiger partial charge in [-0.3, -0.25) is 9.69 Å². The Morgan fingerprint density at radius 2 is 2.08 bits per heavy atom. The van der Waals surface area contributed by atoms with E-state index in [1.807, 2.05) is 0 Å². The van der Waals surface area contributed by atoms with Gasteiger partial charge < -0.3 is 15.0 Å². The Bertz CT molecular complexity index is 558. The minimum absolute atomic E-state index is 0.0878. The van der Waals surface area contributed by atoms with Gasteiger partial charge in [-0.15, -0.1) is 0 Å². The molecule has 2 aliphatic heterocycles. The van der Waals surface area contributed by atoms with Crippen molar-refractivity contribution in [2.24, 2.45) is 0 Å². The van der Waals surface area contributed by atoms with Gasteiger partial charge in [-0.2, -0.15) is 0 Å². The third kappa shape index (κ3) is 4.05. The number of nitrogens with zero attached hydrogens (tertiary/aromatic N) is 3. The normalized spacial score (nSPS) is 23.8. The van der Waals surface area contributed by atoms with Gasteiger partial charge in [0.15, 0.2) is 0 Å². The first-order valence-electron chi connectivity index (χ1n) is 8.90. The van der Waals surface area contributed by atoms with Crippen molar-refractivity contribution in [3.8, 4) is 5.88 Å². The van der Waals surface area contributed by atoms with E-state index in [9.17, 15) is 4.79 Å². The molecule has 6 nitrogen and oxygen atoms in total. The average molecular weight is 332 g/mol. The first kappa shape index (κ1) is 17.2. The van der Waals surface area contributed by atoms with Crippen LogP contribution in [0.15, 0.2) is 18.3 Å². The van der Waals surface area contributed by atoms with E-state index >= 15 is 0 Å². The lowest BCUT2D eigenvalue weighted by Gasteiger charge is -2.41. The zero-order valence-electron chi connectivity index (χ0n) is 14.7. The lowest BCUT2D eigenvalue weighted by molar-refractivity contribution is 0.0764. The third-order valence-electron chi connectivity index (χ3n) is 5.20. The van der Waals surface area contributed by atoms with Crippen LogP contribution in [-0.4, -0.2) is 73.1 Å². The van der Waals surface area contributed by atoms with E-state index in [-0.39, 0.29) is 11.9 Å². The van der Waals surface area contributed by atoms with Gasteiger partial charge in [0.05, 0.1) is 7.11 Å². The number of ether oxygens (including phenoxy) is 1. The molecule has 6 heteroatoms. The molecular formula is C18H28N4O2. The molecule has 1 aromatic heterocycles. The summed E-state index contributed by atoms with van der Waals surface area (Å²) in [5.41, 5.74) is 0.511. The summed E-state index contributed by atoms with van der Waals surface area (Å²) in [6, 6.07) is 4.40. The average Bonchev–Trinajstić information content (AvgIpc) is 2.62. The molecule has 2 fully saturated rings. The van der Waals surface area contributed by atoms with Gasteiger partial charge in [-0.05, 0) is 64.5 Å². The molecule has 0 aromatic carbocycles. The maximum Gasteiger partial charge on any atom is 0.257 e. The van der Waals surface area contributed by atoms with Crippen LogP contribution >= 0.6 is 0 Å². The van der Waals surface area contributed by atoms with Crippen LogP contribution in [0.1, 0.15) is 36.0 Å². The number of aromatic nitrogens is 1. The maximum atomic E-state index is 12.6. The molecule has 3 rings (SSSR count). The number of piperidine rings is 2. The van der Waals surface area contributed by atoms with E-state index in [1.165, 1.54) is 25.9 Å². The second-order valence-corrected chi connectivity index (χ2v) is 6.90. The molecule has 1 atom stereocenters. The Hall–Kier alpha value is -1.66. The number of hydrogen-bond donors (Lipinski definition) is 1. The van der Waals surface area contributed by atoms with Crippen molar-refractivity contribution in [1.29, 1.82) is 0 Å². The summed E-state index contributed by atoms with van der Waals surface area (Å²) in [5, 5.41) is 3.18. The number of pyridine rings is 1. The zero-order chi connectivity index (χ0) is 16.9. The van der Waals surface area contributed by atoms with Crippen molar-refractivity contribution in [2.75, 3.05) is 40.3 Å². The van der Waals surface area contributed by atoms with Gasteiger partial charge in [0.25, 0.3) is 5.91 Å². The van der Waals surface area contributed by atoms with Gasteiger partial charge in [-0.1, -0.05) is 0 Å². The summed E-state index contributed by atoms with van der Waals surface area (Å²) in [5.74, 6) is 0.299. The highest BCUT2D eigenvalue weighted by atomic mass is 16.5. The van der Waals surface area contributed by atoms with Crippen LogP contribution in [-0.2, 0) is 0 Å². The molecular weight excluding hydrogens is 304 g/mol. The summed E-state index contributed by atoms with van der Waals surface area (Å²) in [6.45, 7) is 4.44. The third-order valence-corrected chi connectivity index (χ3v) is 5.20. The monoisotopic (exact) mass is 332 g/mol. The zero-order valence-corrected chi connectivity index (χ0v) is 14.7. The molecule has 3 heterocycles. The predicted molar refractivity (Wildman–Crippen MR) is 93.4 cm³/mol. The van der Waals surface area contributed by atoms with E-state index < -0.39 is 0 Å². The smallest absolute Gasteiger partial charge is 0.257 e. The van der Waals surface area contributed by atoms with E-state index in [2.05, 4.69) is 27.1 Å². The maximum absolute atomic E-state index is 12.6. The standard InChI is InChI=1S/C18H28N4O2/c1-21-11-7-15(8-12-21)22-10-4-5-14(13-22)20-17(23)16-6-3-9-19-18(16)24-2/h3,6,9,14-15H,4-5,7-8,10-13H2,1-2H3,(H,20,23)/t14-/m1/s1. The van der Waals surface area contributed by atoms with Gasteiger partial charge in [-0.25, -0.2) is 4.98 Å². The molecule has 24 heavy (non-hydrogen) atoms. The number of nitrogens with one attached hydrogen (secondary N) is 1. The molecule has 0 bridgehead atoms. The van der Waals surface area contributed by atoms with E-state index in [1.54, 1.807) is 25.4 Å². The summed E-state index contributed by atoms with van der Waals surface area (Å²) in [7, 11) is 3.73. The van der Waals surface area contributed by atoms with E-state index in [0.29, 0.717) is 17.5 Å². The number of carbonyl (C=O) groups is 1. The highest BCUT2D eigenvalue weighted by molar-refractivity contribution is 5.96. The molecule has 0 radical (unpaired) electrons. The van der Waals surface area contributed by atoms with Crippen LogP contribution in [0.4, 0.5) is 0 Å². The SMILES string of the molecule is COc1ncccc1C(=O)N[C@@H]1CCCN(C2CCN(C)CC2)C1. The molecule has 0 spiro atoms. The van der Waals surface area contributed by atoms with Gasteiger partial charge >= 0.3 is 0 Å². The molecule has 2 aliphatic rings. The molecule has 1 aromatic rings. The summed E-state index contributed by atoms with van der Waals surface area (Å²) >= 11 is 0. The Labute approximate surface area is 144 Å². The van der Waals surface area contributed by atoms with Crippen molar-refractivity contribution in [3.05, 3.63) is 23.9 Å². The number of carbonyl (C=O) groups excluding carboxylic acids is 1. The van der Waals surface area contributed by atoms with Crippen LogP contribution in [0.2, 0.25) is 0 Å². The Morgan fingerprint density at radius 1 is 1.29 bits per heavy atom. The van der Waals surface area contributed by atoms with Crippen LogP contribution in [0.3, 0.4) is 0 Å². The summed E-state index contributed by atoms with van der Waals surface area (Å²) in [6.07, 6.45) is 6.28. The van der Waals surface area contributed by atoms with Crippen LogP contribution in [0.5, 0.6) is 5.88 Å². The number of likely N-dealkylation sites (tertiary alicyclic amines) is 2.